The minimum Gasteiger partial charge on any atom is -0.352 e. The third kappa shape index (κ3) is 4.99. The lowest BCUT2D eigenvalue weighted by Crippen LogP contribution is -2.24. The molecule has 0 aliphatic rings. The summed E-state index contributed by atoms with van der Waals surface area (Å²) in [5.41, 5.74) is 4.05. The van der Waals surface area contributed by atoms with Crippen LogP contribution in [0.1, 0.15) is 39.9 Å². The van der Waals surface area contributed by atoms with Gasteiger partial charge in [0.15, 0.2) is 0 Å². The zero-order valence-electron chi connectivity index (χ0n) is 16.5. The van der Waals surface area contributed by atoms with E-state index in [0.29, 0.717) is 30.8 Å². The molecule has 0 saturated heterocycles. The molecule has 0 fully saturated rings. The van der Waals surface area contributed by atoms with E-state index in [9.17, 15) is 9.59 Å². The SMILES string of the molecule is Cc1[nH]c(=O)c(C#N)c(C)c1CCC(=O)NCc1cccc(Cn2cccn2)c1. The fourth-order valence-electron chi connectivity index (χ4n) is 3.37. The Morgan fingerprint density at radius 3 is 2.79 bits per heavy atom. The number of hydrogen-bond acceptors (Lipinski definition) is 4. The average molecular weight is 389 g/mol. The van der Waals surface area contributed by atoms with Gasteiger partial charge in [0.1, 0.15) is 11.6 Å². The van der Waals surface area contributed by atoms with Crippen molar-refractivity contribution in [2.24, 2.45) is 0 Å². The van der Waals surface area contributed by atoms with Crippen LogP contribution in [0.25, 0.3) is 0 Å². The monoisotopic (exact) mass is 389 g/mol. The van der Waals surface area contributed by atoms with Crippen molar-refractivity contribution in [2.45, 2.75) is 39.8 Å². The van der Waals surface area contributed by atoms with E-state index in [1.165, 1.54) is 0 Å². The standard InChI is InChI=1S/C22H23N5O2/c1-15-19(16(2)26-22(29)20(15)12-23)7-8-21(28)24-13-17-5-3-6-18(11-17)14-27-10-4-9-25-27/h3-6,9-11H,7-8,13-14H2,1-2H3,(H,24,28)(H,26,29). The van der Waals surface area contributed by atoms with Crippen LogP contribution in [0, 0.1) is 25.2 Å². The van der Waals surface area contributed by atoms with Crippen molar-refractivity contribution in [1.82, 2.24) is 20.1 Å². The van der Waals surface area contributed by atoms with Crippen molar-refractivity contribution >= 4 is 5.91 Å². The highest BCUT2D eigenvalue weighted by Crippen LogP contribution is 2.15. The van der Waals surface area contributed by atoms with Crippen LogP contribution in [0.2, 0.25) is 0 Å². The van der Waals surface area contributed by atoms with E-state index in [4.69, 9.17) is 5.26 Å². The minimum atomic E-state index is -0.384. The first-order valence-corrected chi connectivity index (χ1v) is 9.42. The van der Waals surface area contributed by atoms with Gasteiger partial charge in [0.25, 0.3) is 5.56 Å². The molecule has 2 heterocycles. The predicted octanol–water partition coefficient (Wildman–Crippen LogP) is 2.36. The van der Waals surface area contributed by atoms with E-state index in [1.54, 1.807) is 20.0 Å². The Labute approximate surface area is 169 Å². The van der Waals surface area contributed by atoms with Gasteiger partial charge in [-0.2, -0.15) is 10.4 Å². The zero-order valence-corrected chi connectivity index (χ0v) is 16.5. The minimum absolute atomic E-state index is 0.0778. The van der Waals surface area contributed by atoms with Crippen molar-refractivity contribution in [2.75, 3.05) is 0 Å². The molecule has 0 spiro atoms. The first-order valence-electron chi connectivity index (χ1n) is 9.42. The molecule has 2 N–H and O–H groups in total. The number of nitrogens with one attached hydrogen (secondary N) is 2. The topological polar surface area (TPSA) is 104 Å². The largest absolute Gasteiger partial charge is 0.352 e. The number of pyridine rings is 1. The molecule has 3 aromatic rings. The van der Waals surface area contributed by atoms with Gasteiger partial charge in [-0.3, -0.25) is 14.3 Å². The van der Waals surface area contributed by atoms with Crippen LogP contribution in [0.5, 0.6) is 0 Å². The number of nitriles is 1. The first-order chi connectivity index (χ1) is 14.0. The van der Waals surface area contributed by atoms with E-state index < -0.39 is 0 Å². The van der Waals surface area contributed by atoms with Crippen molar-refractivity contribution in [3.63, 3.8) is 0 Å². The fourth-order valence-corrected chi connectivity index (χ4v) is 3.37. The van der Waals surface area contributed by atoms with Crippen LogP contribution in [-0.2, 0) is 24.3 Å². The van der Waals surface area contributed by atoms with Crippen LogP contribution in [0.3, 0.4) is 0 Å². The van der Waals surface area contributed by atoms with Gasteiger partial charge in [0, 0.05) is 31.1 Å². The Kier molecular flexibility index (Phi) is 6.25. The summed E-state index contributed by atoms with van der Waals surface area (Å²) in [4.78, 5) is 26.8. The number of carbonyl (C=O) groups excluding carboxylic acids is 1. The summed E-state index contributed by atoms with van der Waals surface area (Å²) in [7, 11) is 0. The Morgan fingerprint density at radius 1 is 1.28 bits per heavy atom. The van der Waals surface area contributed by atoms with Crippen molar-refractivity contribution < 1.29 is 4.79 Å². The van der Waals surface area contributed by atoms with E-state index in [2.05, 4.69) is 21.5 Å². The number of carbonyl (C=O) groups is 1. The van der Waals surface area contributed by atoms with Crippen molar-refractivity contribution in [1.29, 1.82) is 5.26 Å². The number of aromatic nitrogens is 3. The van der Waals surface area contributed by atoms with Crippen LogP contribution in [0.15, 0.2) is 47.5 Å². The summed E-state index contributed by atoms with van der Waals surface area (Å²) < 4.78 is 1.85. The number of benzene rings is 1. The van der Waals surface area contributed by atoms with Crippen LogP contribution < -0.4 is 10.9 Å². The molecule has 0 unspecified atom stereocenters. The van der Waals surface area contributed by atoms with E-state index in [0.717, 1.165) is 16.7 Å². The first kappa shape index (κ1) is 20.1. The lowest BCUT2D eigenvalue weighted by Gasteiger charge is -2.11. The highest BCUT2D eigenvalue weighted by Gasteiger charge is 2.13. The van der Waals surface area contributed by atoms with Crippen LogP contribution in [-0.4, -0.2) is 20.7 Å². The van der Waals surface area contributed by atoms with Gasteiger partial charge in [-0.25, -0.2) is 0 Å². The maximum atomic E-state index is 12.3. The normalized spacial score (nSPS) is 10.5. The van der Waals surface area contributed by atoms with Gasteiger partial charge in [-0.05, 0) is 48.6 Å². The molecule has 3 rings (SSSR count). The second-order valence-electron chi connectivity index (χ2n) is 6.97. The number of nitrogens with zero attached hydrogens (tertiary/aromatic N) is 3. The van der Waals surface area contributed by atoms with Gasteiger partial charge < -0.3 is 10.3 Å². The van der Waals surface area contributed by atoms with Crippen molar-refractivity contribution in [3.05, 3.63) is 86.6 Å². The molecule has 0 bridgehead atoms. The van der Waals surface area contributed by atoms with Crippen molar-refractivity contribution in [3.8, 4) is 6.07 Å². The number of amides is 1. The summed E-state index contributed by atoms with van der Waals surface area (Å²) in [6, 6.07) is 11.8. The summed E-state index contributed by atoms with van der Waals surface area (Å²) in [6.07, 6.45) is 4.41. The maximum absolute atomic E-state index is 12.3. The number of H-pyrrole nitrogens is 1. The molecule has 0 saturated carbocycles. The molecule has 0 aliphatic carbocycles. The van der Waals surface area contributed by atoms with Gasteiger partial charge in [-0.1, -0.05) is 24.3 Å². The highest BCUT2D eigenvalue weighted by molar-refractivity contribution is 5.76. The quantitative estimate of drug-likeness (QED) is 0.647. The molecule has 7 heteroatoms. The van der Waals surface area contributed by atoms with E-state index >= 15 is 0 Å². The summed E-state index contributed by atoms with van der Waals surface area (Å²) >= 11 is 0. The third-order valence-corrected chi connectivity index (χ3v) is 4.91. The number of aryl methyl sites for hydroxylation is 1. The Morgan fingerprint density at radius 2 is 2.07 bits per heavy atom. The fraction of sp³-hybridized carbons (Fsp3) is 0.273. The van der Waals surface area contributed by atoms with Crippen LogP contribution in [0.4, 0.5) is 0 Å². The molecule has 0 atom stereocenters. The lowest BCUT2D eigenvalue weighted by molar-refractivity contribution is -0.121. The van der Waals surface area contributed by atoms with Gasteiger partial charge in [0.05, 0.1) is 6.54 Å². The van der Waals surface area contributed by atoms with Gasteiger partial charge >= 0.3 is 0 Å². The summed E-state index contributed by atoms with van der Waals surface area (Å²) in [6.45, 7) is 4.66. The molecule has 148 valence electrons. The Hall–Kier alpha value is -3.66. The smallest absolute Gasteiger partial charge is 0.266 e. The van der Waals surface area contributed by atoms with E-state index in [-0.39, 0.29) is 23.5 Å². The Bertz CT molecular complexity index is 1110. The summed E-state index contributed by atoms with van der Waals surface area (Å²) in [5.74, 6) is -0.0778. The second kappa shape index (κ2) is 9.02. The molecule has 2 aromatic heterocycles. The highest BCUT2D eigenvalue weighted by atomic mass is 16.1. The number of rotatable bonds is 7. The predicted molar refractivity (Wildman–Crippen MR) is 109 cm³/mol. The molecule has 7 nitrogen and oxygen atoms in total. The Balaban J connectivity index is 1.57. The molecule has 1 aromatic carbocycles. The molecule has 0 radical (unpaired) electrons. The second-order valence-corrected chi connectivity index (χ2v) is 6.97. The molecule has 0 aliphatic heterocycles. The number of hydrogen-bond donors (Lipinski definition) is 2. The van der Waals surface area contributed by atoms with Crippen LogP contribution >= 0.6 is 0 Å². The zero-order chi connectivity index (χ0) is 20.8. The van der Waals surface area contributed by atoms with Gasteiger partial charge in [0.2, 0.25) is 5.91 Å². The lowest BCUT2D eigenvalue weighted by atomic mass is 9.99. The third-order valence-electron chi connectivity index (χ3n) is 4.91. The molecular weight excluding hydrogens is 366 g/mol. The van der Waals surface area contributed by atoms with E-state index in [1.807, 2.05) is 41.2 Å². The molecule has 1 amide bonds. The maximum Gasteiger partial charge on any atom is 0.266 e. The molecule has 29 heavy (non-hydrogen) atoms. The average Bonchev–Trinajstić information content (AvgIpc) is 3.19. The number of aromatic amines is 1. The van der Waals surface area contributed by atoms with Gasteiger partial charge in [-0.15, -0.1) is 0 Å². The molecular formula is C22H23N5O2. The summed E-state index contributed by atoms with van der Waals surface area (Å²) in [5, 5.41) is 16.3.